The van der Waals surface area contributed by atoms with Gasteiger partial charge in [0.1, 0.15) is 5.82 Å². The van der Waals surface area contributed by atoms with Crippen LogP contribution in [0.4, 0.5) is 0 Å². The van der Waals surface area contributed by atoms with Gasteiger partial charge in [-0.3, -0.25) is 4.79 Å². The lowest BCUT2D eigenvalue weighted by molar-refractivity contribution is -0.128. The predicted molar refractivity (Wildman–Crippen MR) is 94.5 cm³/mol. The van der Waals surface area contributed by atoms with Gasteiger partial charge >= 0.3 is 0 Å². The summed E-state index contributed by atoms with van der Waals surface area (Å²) < 4.78 is 2.26. The molecule has 2 aromatic rings. The molecule has 126 valence electrons. The van der Waals surface area contributed by atoms with Gasteiger partial charge in [0.25, 0.3) is 0 Å². The molecular weight excluding hydrogens is 288 g/mol. The van der Waals surface area contributed by atoms with Crippen molar-refractivity contribution in [3.8, 4) is 0 Å². The van der Waals surface area contributed by atoms with Crippen molar-refractivity contribution in [3.63, 3.8) is 0 Å². The molecule has 5 nitrogen and oxygen atoms in total. The lowest BCUT2D eigenvalue weighted by atomic mass is 9.96. The summed E-state index contributed by atoms with van der Waals surface area (Å²) in [6.07, 6.45) is 0.740. The van der Waals surface area contributed by atoms with Crippen molar-refractivity contribution < 1.29 is 4.79 Å². The average molecular weight is 316 g/mol. The first-order valence-electron chi connectivity index (χ1n) is 8.16. The highest BCUT2D eigenvalue weighted by Gasteiger charge is 2.20. The Balaban J connectivity index is 2.12. The Morgan fingerprint density at radius 2 is 1.96 bits per heavy atom. The summed E-state index contributed by atoms with van der Waals surface area (Å²) in [7, 11) is 4.14. The summed E-state index contributed by atoms with van der Waals surface area (Å²) in [5.41, 5.74) is 1.82. The van der Waals surface area contributed by atoms with Crippen molar-refractivity contribution in [3.05, 3.63) is 30.1 Å². The van der Waals surface area contributed by atoms with Gasteiger partial charge in [-0.25, -0.2) is 4.98 Å². The first-order valence-corrected chi connectivity index (χ1v) is 8.16. The van der Waals surface area contributed by atoms with E-state index in [1.807, 2.05) is 39.0 Å². The van der Waals surface area contributed by atoms with E-state index in [1.165, 1.54) is 0 Å². The molecule has 1 amide bonds. The number of nitrogens with one attached hydrogen (secondary N) is 1. The molecule has 0 atom stereocenters. The topological polar surface area (TPSA) is 50.2 Å². The minimum Gasteiger partial charge on any atom is -0.355 e. The van der Waals surface area contributed by atoms with Crippen LogP contribution in [0.15, 0.2) is 24.3 Å². The second-order valence-corrected chi connectivity index (χ2v) is 7.23. The van der Waals surface area contributed by atoms with Gasteiger partial charge in [-0.1, -0.05) is 32.9 Å². The summed E-state index contributed by atoms with van der Waals surface area (Å²) in [5.74, 6) is 1.11. The minimum atomic E-state index is -0.356. The number of hydrogen-bond acceptors (Lipinski definition) is 3. The predicted octanol–water partition coefficient (Wildman–Crippen LogP) is 2.30. The fourth-order valence-corrected chi connectivity index (χ4v) is 2.42. The molecule has 23 heavy (non-hydrogen) atoms. The summed E-state index contributed by atoms with van der Waals surface area (Å²) >= 11 is 0. The van der Waals surface area contributed by atoms with Crippen LogP contribution in [0.5, 0.6) is 0 Å². The van der Waals surface area contributed by atoms with Crippen LogP contribution < -0.4 is 5.32 Å². The van der Waals surface area contributed by atoms with Crippen molar-refractivity contribution in [1.82, 2.24) is 19.8 Å². The van der Waals surface area contributed by atoms with Gasteiger partial charge in [-0.15, -0.1) is 0 Å². The SMILES string of the molecule is CN(C)CCn1c(CCNC(=O)C(C)(C)C)nc2ccccc21. The molecule has 1 aromatic carbocycles. The zero-order valence-corrected chi connectivity index (χ0v) is 14.9. The van der Waals surface area contributed by atoms with Crippen LogP contribution in [0.2, 0.25) is 0 Å². The molecular formula is C18H28N4O. The van der Waals surface area contributed by atoms with E-state index in [4.69, 9.17) is 4.98 Å². The monoisotopic (exact) mass is 316 g/mol. The molecule has 0 saturated heterocycles. The Kier molecular flexibility index (Phi) is 5.42. The number of rotatable bonds is 6. The van der Waals surface area contributed by atoms with Gasteiger partial charge in [0.2, 0.25) is 5.91 Å². The molecule has 0 bridgehead atoms. The number of para-hydroxylation sites is 2. The summed E-state index contributed by atoms with van der Waals surface area (Å²) in [6, 6.07) is 8.20. The van der Waals surface area contributed by atoms with Crippen molar-refractivity contribution in [2.24, 2.45) is 5.41 Å². The molecule has 0 aliphatic rings. The highest BCUT2D eigenvalue weighted by molar-refractivity contribution is 5.81. The first kappa shape index (κ1) is 17.5. The molecule has 5 heteroatoms. The molecule has 0 saturated carbocycles. The van der Waals surface area contributed by atoms with Crippen LogP contribution in [0, 0.1) is 5.41 Å². The number of hydrogen-bond donors (Lipinski definition) is 1. The molecule has 0 unspecified atom stereocenters. The highest BCUT2D eigenvalue weighted by Crippen LogP contribution is 2.17. The first-order chi connectivity index (χ1) is 10.8. The van der Waals surface area contributed by atoms with Gasteiger partial charge in [0.15, 0.2) is 0 Å². The number of aromatic nitrogens is 2. The standard InChI is InChI=1S/C18H28N4O/c1-18(2,3)17(23)19-11-10-16-20-14-8-6-7-9-15(14)22(16)13-12-21(4)5/h6-9H,10-13H2,1-5H3,(H,19,23). The quantitative estimate of drug-likeness (QED) is 0.890. The van der Waals surface area contributed by atoms with E-state index in [1.54, 1.807) is 0 Å². The van der Waals surface area contributed by atoms with Crippen LogP contribution in [-0.2, 0) is 17.8 Å². The van der Waals surface area contributed by atoms with Crippen LogP contribution >= 0.6 is 0 Å². The third kappa shape index (κ3) is 4.55. The lowest BCUT2D eigenvalue weighted by Crippen LogP contribution is -2.36. The number of likely N-dealkylation sites (N-methyl/N-ethyl adjacent to an activating group) is 1. The van der Waals surface area contributed by atoms with Crippen molar-refractivity contribution in [1.29, 1.82) is 0 Å². The number of imidazole rings is 1. The molecule has 0 radical (unpaired) electrons. The molecule has 0 aliphatic carbocycles. The van der Waals surface area contributed by atoms with Gasteiger partial charge in [-0.2, -0.15) is 0 Å². The maximum absolute atomic E-state index is 12.0. The molecule has 1 N–H and O–H groups in total. The third-order valence-corrected chi connectivity index (χ3v) is 3.82. The summed E-state index contributed by atoms with van der Waals surface area (Å²) in [4.78, 5) is 18.9. The van der Waals surface area contributed by atoms with Crippen molar-refractivity contribution >= 4 is 16.9 Å². The summed E-state index contributed by atoms with van der Waals surface area (Å²) in [6.45, 7) is 8.25. The second kappa shape index (κ2) is 7.13. The molecule has 0 aliphatic heterocycles. The minimum absolute atomic E-state index is 0.0773. The summed E-state index contributed by atoms with van der Waals surface area (Å²) in [5, 5.41) is 3.00. The van der Waals surface area contributed by atoms with E-state index >= 15 is 0 Å². The average Bonchev–Trinajstić information content (AvgIpc) is 2.81. The smallest absolute Gasteiger partial charge is 0.225 e. The van der Waals surface area contributed by atoms with Gasteiger partial charge in [0, 0.05) is 31.5 Å². The van der Waals surface area contributed by atoms with E-state index in [9.17, 15) is 4.79 Å². The third-order valence-electron chi connectivity index (χ3n) is 3.82. The molecule has 1 heterocycles. The van der Waals surface area contributed by atoms with Crippen LogP contribution in [0.1, 0.15) is 26.6 Å². The van der Waals surface area contributed by atoms with E-state index in [0.717, 1.165) is 36.4 Å². The highest BCUT2D eigenvalue weighted by atomic mass is 16.2. The number of amides is 1. The number of benzene rings is 1. The maximum Gasteiger partial charge on any atom is 0.225 e. The zero-order chi connectivity index (χ0) is 17.0. The van der Waals surface area contributed by atoms with Gasteiger partial charge in [-0.05, 0) is 26.2 Å². The molecule has 0 fully saturated rings. The Hall–Kier alpha value is -1.88. The van der Waals surface area contributed by atoms with Crippen LogP contribution in [-0.4, -0.2) is 47.5 Å². The van der Waals surface area contributed by atoms with Gasteiger partial charge < -0.3 is 14.8 Å². The number of carbonyl (C=O) groups is 1. The molecule has 2 rings (SSSR count). The maximum atomic E-state index is 12.0. The normalized spacial score (nSPS) is 12.1. The van der Waals surface area contributed by atoms with E-state index in [-0.39, 0.29) is 11.3 Å². The Bertz CT molecular complexity index is 667. The van der Waals surface area contributed by atoms with Crippen molar-refractivity contribution in [2.45, 2.75) is 33.7 Å². The molecule has 1 aromatic heterocycles. The zero-order valence-electron chi connectivity index (χ0n) is 14.9. The number of carbonyl (C=O) groups excluding carboxylic acids is 1. The number of nitrogens with zero attached hydrogens (tertiary/aromatic N) is 3. The fourth-order valence-electron chi connectivity index (χ4n) is 2.42. The number of fused-ring (bicyclic) bond motifs is 1. The van der Waals surface area contributed by atoms with E-state index in [2.05, 4.69) is 34.9 Å². The Morgan fingerprint density at radius 3 is 2.61 bits per heavy atom. The fraction of sp³-hybridized carbons (Fsp3) is 0.556. The van der Waals surface area contributed by atoms with Crippen LogP contribution in [0.25, 0.3) is 11.0 Å². The lowest BCUT2D eigenvalue weighted by Gasteiger charge is -2.18. The van der Waals surface area contributed by atoms with Crippen molar-refractivity contribution in [2.75, 3.05) is 27.2 Å². The largest absolute Gasteiger partial charge is 0.355 e. The Morgan fingerprint density at radius 1 is 1.26 bits per heavy atom. The van der Waals surface area contributed by atoms with Crippen LogP contribution in [0.3, 0.4) is 0 Å². The Labute approximate surface area is 138 Å². The van der Waals surface area contributed by atoms with E-state index in [0.29, 0.717) is 6.54 Å². The van der Waals surface area contributed by atoms with E-state index < -0.39 is 0 Å². The second-order valence-electron chi connectivity index (χ2n) is 7.23. The molecule has 0 spiro atoms. The van der Waals surface area contributed by atoms with Gasteiger partial charge in [0.05, 0.1) is 11.0 Å².